The van der Waals surface area contributed by atoms with Crippen LogP contribution in [0.15, 0.2) is 23.1 Å². The number of carbonyl (C=O) groups is 1. The molecule has 1 N–H and O–H groups in total. The summed E-state index contributed by atoms with van der Waals surface area (Å²) in [7, 11) is 0. The molecular weight excluding hydrogens is 246 g/mol. The molecule has 0 aromatic heterocycles. The molecule has 1 aromatic carbocycles. The van der Waals surface area contributed by atoms with Crippen LogP contribution in [0.4, 0.5) is 0 Å². The quantitative estimate of drug-likeness (QED) is 0.822. The molecule has 3 nitrogen and oxygen atoms in total. The Kier molecular flexibility index (Phi) is 4.80. The van der Waals surface area contributed by atoms with Crippen LogP contribution in [0.1, 0.15) is 36.2 Å². The normalized spacial score (nSPS) is 11.0. The predicted octanol–water partition coefficient (Wildman–Crippen LogP) is 3.73. The maximum Gasteiger partial charge on any atom is 0.335 e. The average Bonchev–Trinajstić information content (AvgIpc) is 2.31. The van der Waals surface area contributed by atoms with Crippen LogP contribution in [0, 0.1) is 23.7 Å². The lowest BCUT2D eigenvalue weighted by Gasteiger charge is -2.14. The minimum atomic E-state index is -0.896. The van der Waals surface area contributed by atoms with Crippen molar-refractivity contribution >= 4 is 17.7 Å². The molecule has 1 rings (SSSR count). The molecule has 0 radical (unpaired) electrons. The van der Waals surface area contributed by atoms with Crippen LogP contribution in [-0.4, -0.2) is 16.8 Å². The first kappa shape index (κ1) is 14.6. The van der Waals surface area contributed by atoms with Crippen molar-refractivity contribution in [1.82, 2.24) is 0 Å². The molecular formula is C14H17NO2S. The van der Waals surface area contributed by atoms with Gasteiger partial charge in [0, 0.05) is 4.90 Å². The standard InChI is InChI=1S/C14H17NO2S/c1-10-4-5-11(8-12(10)13(16)17)18-7-6-14(2,3)9-15/h4-5,8H,6-7H2,1-3H3,(H,16,17). The minimum Gasteiger partial charge on any atom is -0.478 e. The highest BCUT2D eigenvalue weighted by Crippen LogP contribution is 2.27. The Morgan fingerprint density at radius 3 is 2.72 bits per heavy atom. The Bertz CT molecular complexity index is 489. The lowest BCUT2D eigenvalue weighted by Crippen LogP contribution is -2.08. The zero-order chi connectivity index (χ0) is 13.8. The van der Waals surface area contributed by atoms with E-state index in [0.29, 0.717) is 5.56 Å². The maximum atomic E-state index is 11.0. The van der Waals surface area contributed by atoms with Crippen molar-refractivity contribution in [2.24, 2.45) is 5.41 Å². The second kappa shape index (κ2) is 5.92. The van der Waals surface area contributed by atoms with Gasteiger partial charge in [0.25, 0.3) is 0 Å². The maximum absolute atomic E-state index is 11.0. The highest BCUT2D eigenvalue weighted by Gasteiger charge is 2.16. The number of carboxylic acids is 1. The number of carboxylic acid groups (broad SMARTS) is 1. The third-order valence-electron chi connectivity index (χ3n) is 2.74. The summed E-state index contributed by atoms with van der Waals surface area (Å²) in [5, 5.41) is 17.9. The molecule has 0 heterocycles. The number of rotatable bonds is 5. The fourth-order valence-corrected chi connectivity index (χ4v) is 2.61. The molecule has 0 saturated heterocycles. The summed E-state index contributed by atoms with van der Waals surface area (Å²) >= 11 is 1.59. The fourth-order valence-electron chi connectivity index (χ4n) is 1.40. The molecule has 4 heteroatoms. The Morgan fingerprint density at radius 2 is 2.17 bits per heavy atom. The first-order valence-electron chi connectivity index (χ1n) is 5.74. The van der Waals surface area contributed by atoms with E-state index in [1.54, 1.807) is 24.8 Å². The van der Waals surface area contributed by atoms with Gasteiger partial charge in [0.1, 0.15) is 0 Å². The zero-order valence-corrected chi connectivity index (χ0v) is 11.7. The summed E-state index contributed by atoms with van der Waals surface area (Å²) < 4.78 is 0. The molecule has 0 saturated carbocycles. The van der Waals surface area contributed by atoms with E-state index >= 15 is 0 Å². The smallest absolute Gasteiger partial charge is 0.335 e. The number of aryl methyl sites for hydroxylation is 1. The van der Waals surface area contributed by atoms with E-state index in [2.05, 4.69) is 6.07 Å². The van der Waals surface area contributed by atoms with Gasteiger partial charge in [-0.2, -0.15) is 5.26 Å². The average molecular weight is 263 g/mol. The van der Waals surface area contributed by atoms with E-state index in [1.165, 1.54) is 0 Å². The molecule has 18 heavy (non-hydrogen) atoms. The lowest BCUT2D eigenvalue weighted by atomic mass is 9.93. The number of aromatic carboxylic acids is 1. The second-order valence-electron chi connectivity index (χ2n) is 4.88. The van der Waals surface area contributed by atoms with Crippen LogP contribution in [0.5, 0.6) is 0 Å². The van der Waals surface area contributed by atoms with E-state index in [9.17, 15) is 4.79 Å². The number of hydrogen-bond acceptors (Lipinski definition) is 3. The fraction of sp³-hybridized carbons (Fsp3) is 0.429. The molecule has 0 aliphatic rings. The molecule has 96 valence electrons. The van der Waals surface area contributed by atoms with Crippen LogP contribution in [-0.2, 0) is 0 Å². The van der Waals surface area contributed by atoms with Gasteiger partial charge < -0.3 is 5.11 Å². The van der Waals surface area contributed by atoms with Gasteiger partial charge in [-0.3, -0.25) is 0 Å². The van der Waals surface area contributed by atoms with Crippen molar-refractivity contribution in [3.63, 3.8) is 0 Å². The third kappa shape index (κ3) is 4.08. The van der Waals surface area contributed by atoms with Gasteiger partial charge in [-0.15, -0.1) is 11.8 Å². The largest absolute Gasteiger partial charge is 0.478 e. The molecule has 0 fully saturated rings. The monoisotopic (exact) mass is 263 g/mol. The van der Waals surface area contributed by atoms with Crippen molar-refractivity contribution < 1.29 is 9.90 Å². The molecule has 1 aromatic rings. The van der Waals surface area contributed by atoms with Gasteiger partial charge in [-0.1, -0.05) is 6.07 Å². The third-order valence-corrected chi connectivity index (χ3v) is 3.73. The van der Waals surface area contributed by atoms with E-state index in [-0.39, 0.29) is 5.41 Å². The summed E-state index contributed by atoms with van der Waals surface area (Å²) in [6, 6.07) is 7.70. The first-order chi connectivity index (χ1) is 8.35. The highest BCUT2D eigenvalue weighted by atomic mass is 32.2. The summed E-state index contributed by atoms with van der Waals surface area (Å²) in [5.74, 6) is -0.0878. The molecule has 0 bridgehead atoms. The van der Waals surface area contributed by atoms with Crippen molar-refractivity contribution in [3.05, 3.63) is 29.3 Å². The molecule has 0 spiro atoms. The van der Waals surface area contributed by atoms with Crippen LogP contribution in [0.2, 0.25) is 0 Å². The topological polar surface area (TPSA) is 61.1 Å². The van der Waals surface area contributed by atoms with Gasteiger partial charge in [0.05, 0.1) is 17.0 Å². The zero-order valence-electron chi connectivity index (χ0n) is 10.9. The van der Waals surface area contributed by atoms with Crippen molar-refractivity contribution in [2.75, 3.05) is 5.75 Å². The van der Waals surface area contributed by atoms with Gasteiger partial charge in [0.2, 0.25) is 0 Å². The van der Waals surface area contributed by atoms with E-state index < -0.39 is 5.97 Å². The van der Waals surface area contributed by atoms with Gasteiger partial charge in [-0.05, 0) is 50.6 Å². The molecule has 0 atom stereocenters. The van der Waals surface area contributed by atoms with Crippen LogP contribution in [0.25, 0.3) is 0 Å². The van der Waals surface area contributed by atoms with Crippen LogP contribution < -0.4 is 0 Å². The Labute approximate surface area is 112 Å². The van der Waals surface area contributed by atoms with Crippen LogP contribution >= 0.6 is 11.8 Å². The van der Waals surface area contributed by atoms with Crippen molar-refractivity contribution in [2.45, 2.75) is 32.1 Å². The number of nitriles is 1. The van der Waals surface area contributed by atoms with Gasteiger partial charge in [0.15, 0.2) is 0 Å². The first-order valence-corrected chi connectivity index (χ1v) is 6.72. The number of thioether (sulfide) groups is 1. The Hall–Kier alpha value is -1.47. The predicted molar refractivity (Wildman–Crippen MR) is 72.9 cm³/mol. The summed E-state index contributed by atoms with van der Waals surface area (Å²) in [4.78, 5) is 11.9. The Balaban J connectivity index is 2.67. The van der Waals surface area contributed by atoms with Gasteiger partial charge in [-0.25, -0.2) is 4.79 Å². The lowest BCUT2D eigenvalue weighted by molar-refractivity contribution is 0.0696. The van der Waals surface area contributed by atoms with E-state index in [4.69, 9.17) is 10.4 Å². The summed E-state index contributed by atoms with van der Waals surface area (Å²) in [6.45, 7) is 5.60. The highest BCUT2D eigenvalue weighted by molar-refractivity contribution is 7.99. The summed E-state index contributed by atoms with van der Waals surface area (Å²) in [5.41, 5.74) is 0.789. The SMILES string of the molecule is Cc1ccc(SCCC(C)(C)C#N)cc1C(=O)O. The number of hydrogen-bond donors (Lipinski definition) is 1. The van der Waals surface area contributed by atoms with Crippen molar-refractivity contribution in [1.29, 1.82) is 5.26 Å². The molecule has 0 unspecified atom stereocenters. The number of benzene rings is 1. The van der Waals surface area contributed by atoms with Crippen LogP contribution in [0.3, 0.4) is 0 Å². The molecule has 0 amide bonds. The molecule has 0 aliphatic heterocycles. The van der Waals surface area contributed by atoms with E-state index in [1.807, 2.05) is 26.0 Å². The van der Waals surface area contributed by atoms with E-state index in [0.717, 1.165) is 22.6 Å². The van der Waals surface area contributed by atoms with Gasteiger partial charge >= 0.3 is 5.97 Å². The molecule has 0 aliphatic carbocycles. The Morgan fingerprint density at radius 1 is 1.50 bits per heavy atom. The number of nitrogens with zero attached hydrogens (tertiary/aromatic N) is 1. The minimum absolute atomic E-state index is 0.326. The van der Waals surface area contributed by atoms with Crippen molar-refractivity contribution in [3.8, 4) is 6.07 Å². The summed E-state index contributed by atoms with van der Waals surface area (Å²) in [6.07, 6.45) is 0.782. The second-order valence-corrected chi connectivity index (χ2v) is 6.04.